The number of fused-ring (bicyclic) bond motifs is 1. The second-order valence-corrected chi connectivity index (χ2v) is 4.50. The van der Waals surface area contributed by atoms with Crippen LogP contribution >= 0.6 is 0 Å². The number of nitrogens with two attached hydrogens (primary N) is 1. The Balaban J connectivity index is 1.98. The smallest absolute Gasteiger partial charge is 0.321 e. The molecule has 19 heavy (non-hydrogen) atoms. The van der Waals surface area contributed by atoms with Crippen molar-refractivity contribution in [2.75, 3.05) is 19.8 Å². The highest BCUT2D eigenvalue weighted by Gasteiger charge is 2.15. The average Bonchev–Trinajstić information content (AvgIpc) is 2.39. The Hall–Kier alpha value is -1.79. The van der Waals surface area contributed by atoms with Crippen molar-refractivity contribution in [2.45, 2.75) is 19.5 Å². The highest BCUT2D eigenvalue weighted by atomic mass is 16.6. The topological polar surface area (TPSA) is 93.8 Å². The van der Waals surface area contributed by atoms with E-state index in [1.807, 2.05) is 19.1 Å². The van der Waals surface area contributed by atoms with Crippen molar-refractivity contribution in [2.24, 2.45) is 5.73 Å². The molecule has 104 valence electrons. The third-order valence-electron chi connectivity index (χ3n) is 3.00. The van der Waals surface area contributed by atoms with Gasteiger partial charge in [-0.25, -0.2) is 0 Å². The van der Waals surface area contributed by atoms with Gasteiger partial charge in [-0.05, 0) is 30.2 Å². The third kappa shape index (κ3) is 3.36. The molecule has 0 saturated heterocycles. The predicted molar refractivity (Wildman–Crippen MR) is 69.5 cm³/mol. The van der Waals surface area contributed by atoms with E-state index in [1.54, 1.807) is 0 Å². The van der Waals surface area contributed by atoms with Crippen molar-refractivity contribution in [1.82, 2.24) is 5.32 Å². The Morgan fingerprint density at radius 3 is 2.68 bits per heavy atom. The number of nitrogens with one attached hydrogen (secondary N) is 1. The SMILES string of the molecule is Cc1cc2c(cc1CNCC(N)C(=O)O)OCCO2. The van der Waals surface area contributed by atoms with Gasteiger partial charge in [0.25, 0.3) is 0 Å². The third-order valence-corrected chi connectivity index (χ3v) is 3.00. The zero-order valence-electron chi connectivity index (χ0n) is 10.8. The summed E-state index contributed by atoms with van der Waals surface area (Å²) in [5.41, 5.74) is 7.54. The lowest BCUT2D eigenvalue weighted by Gasteiger charge is -2.20. The first-order chi connectivity index (χ1) is 9.08. The summed E-state index contributed by atoms with van der Waals surface area (Å²) in [6, 6.07) is 2.96. The maximum Gasteiger partial charge on any atom is 0.321 e. The zero-order valence-corrected chi connectivity index (χ0v) is 10.8. The van der Waals surface area contributed by atoms with Gasteiger partial charge in [0.05, 0.1) is 0 Å². The molecule has 1 aromatic rings. The van der Waals surface area contributed by atoms with Crippen LogP contribution in [-0.4, -0.2) is 36.9 Å². The molecule has 1 aliphatic rings. The molecule has 0 fully saturated rings. The number of carbonyl (C=O) groups is 1. The summed E-state index contributed by atoms with van der Waals surface area (Å²) in [6.07, 6.45) is 0. The molecule has 1 aromatic carbocycles. The first-order valence-electron chi connectivity index (χ1n) is 6.16. The molecule has 6 heteroatoms. The van der Waals surface area contributed by atoms with Gasteiger partial charge in [0.1, 0.15) is 19.3 Å². The number of ether oxygens (including phenoxy) is 2. The van der Waals surface area contributed by atoms with E-state index in [-0.39, 0.29) is 6.54 Å². The Morgan fingerprint density at radius 1 is 1.42 bits per heavy atom. The van der Waals surface area contributed by atoms with E-state index in [0.717, 1.165) is 22.6 Å². The summed E-state index contributed by atoms with van der Waals surface area (Å²) >= 11 is 0. The molecular formula is C13H18N2O4. The molecule has 1 aliphatic heterocycles. The Morgan fingerprint density at radius 2 is 2.05 bits per heavy atom. The Labute approximate surface area is 111 Å². The molecule has 1 atom stereocenters. The summed E-state index contributed by atoms with van der Waals surface area (Å²) in [7, 11) is 0. The molecular weight excluding hydrogens is 248 g/mol. The van der Waals surface area contributed by atoms with Crippen molar-refractivity contribution in [3.05, 3.63) is 23.3 Å². The van der Waals surface area contributed by atoms with Gasteiger partial charge < -0.3 is 25.6 Å². The van der Waals surface area contributed by atoms with Crippen LogP contribution in [0.1, 0.15) is 11.1 Å². The number of carboxylic acid groups (broad SMARTS) is 1. The molecule has 0 aliphatic carbocycles. The van der Waals surface area contributed by atoms with Crippen LogP contribution in [-0.2, 0) is 11.3 Å². The summed E-state index contributed by atoms with van der Waals surface area (Å²) in [4.78, 5) is 10.6. The van der Waals surface area contributed by atoms with Gasteiger partial charge in [0.15, 0.2) is 11.5 Å². The highest BCUT2D eigenvalue weighted by Crippen LogP contribution is 2.32. The van der Waals surface area contributed by atoms with Crippen molar-refractivity contribution >= 4 is 5.97 Å². The van der Waals surface area contributed by atoms with Gasteiger partial charge in [0, 0.05) is 13.1 Å². The van der Waals surface area contributed by atoms with Gasteiger partial charge in [-0.15, -0.1) is 0 Å². The lowest BCUT2D eigenvalue weighted by atomic mass is 10.1. The Bertz CT molecular complexity index is 476. The lowest BCUT2D eigenvalue weighted by Crippen LogP contribution is -2.40. The molecule has 4 N–H and O–H groups in total. The van der Waals surface area contributed by atoms with E-state index in [2.05, 4.69) is 5.32 Å². The van der Waals surface area contributed by atoms with Crippen molar-refractivity contribution in [3.63, 3.8) is 0 Å². The van der Waals surface area contributed by atoms with E-state index in [0.29, 0.717) is 19.8 Å². The maximum absolute atomic E-state index is 10.6. The molecule has 1 unspecified atom stereocenters. The van der Waals surface area contributed by atoms with Gasteiger partial charge in [-0.1, -0.05) is 0 Å². The number of carboxylic acids is 1. The molecule has 1 heterocycles. The normalized spacial score (nSPS) is 15.1. The predicted octanol–water partition coefficient (Wildman–Crippen LogP) is 0.268. The standard InChI is InChI=1S/C13H18N2O4/c1-8-4-11-12(19-3-2-18-11)5-9(8)6-15-7-10(14)13(16)17/h4-5,10,15H,2-3,6-7,14H2,1H3,(H,16,17). The minimum Gasteiger partial charge on any atom is -0.486 e. The van der Waals surface area contributed by atoms with Crippen molar-refractivity contribution in [1.29, 1.82) is 0 Å². The van der Waals surface area contributed by atoms with Crippen LogP contribution in [0.4, 0.5) is 0 Å². The number of hydrogen-bond donors (Lipinski definition) is 3. The van der Waals surface area contributed by atoms with E-state index in [1.165, 1.54) is 0 Å². The van der Waals surface area contributed by atoms with E-state index in [4.69, 9.17) is 20.3 Å². The van der Waals surface area contributed by atoms with E-state index in [9.17, 15) is 4.79 Å². The number of rotatable bonds is 5. The molecule has 6 nitrogen and oxygen atoms in total. The summed E-state index contributed by atoms with van der Waals surface area (Å²) in [5, 5.41) is 11.7. The number of benzene rings is 1. The second kappa shape index (κ2) is 5.90. The van der Waals surface area contributed by atoms with Crippen LogP contribution in [0.15, 0.2) is 12.1 Å². The van der Waals surface area contributed by atoms with Gasteiger partial charge in [-0.3, -0.25) is 4.79 Å². The van der Waals surface area contributed by atoms with Crippen LogP contribution < -0.4 is 20.5 Å². The molecule has 0 amide bonds. The minimum absolute atomic E-state index is 0.225. The Kier molecular flexibility index (Phi) is 4.24. The fourth-order valence-electron chi connectivity index (χ4n) is 1.87. The zero-order chi connectivity index (χ0) is 13.8. The molecule has 0 bridgehead atoms. The quantitative estimate of drug-likeness (QED) is 0.708. The van der Waals surface area contributed by atoms with E-state index >= 15 is 0 Å². The lowest BCUT2D eigenvalue weighted by molar-refractivity contribution is -0.138. The molecule has 0 saturated carbocycles. The largest absolute Gasteiger partial charge is 0.486 e. The maximum atomic E-state index is 10.6. The van der Waals surface area contributed by atoms with E-state index < -0.39 is 12.0 Å². The van der Waals surface area contributed by atoms with Crippen LogP contribution in [0.25, 0.3) is 0 Å². The van der Waals surface area contributed by atoms with Crippen LogP contribution in [0.3, 0.4) is 0 Å². The van der Waals surface area contributed by atoms with Crippen LogP contribution in [0.2, 0.25) is 0 Å². The molecule has 2 rings (SSSR count). The fourth-order valence-corrected chi connectivity index (χ4v) is 1.87. The summed E-state index contributed by atoms with van der Waals surface area (Å²) in [6.45, 7) is 3.86. The van der Waals surface area contributed by atoms with Crippen LogP contribution in [0, 0.1) is 6.92 Å². The monoisotopic (exact) mass is 266 g/mol. The van der Waals surface area contributed by atoms with Crippen LogP contribution in [0.5, 0.6) is 11.5 Å². The first kappa shape index (κ1) is 13.6. The highest BCUT2D eigenvalue weighted by molar-refractivity contribution is 5.73. The summed E-state index contributed by atoms with van der Waals surface area (Å²) < 4.78 is 11.0. The minimum atomic E-state index is -1.01. The number of hydrogen-bond acceptors (Lipinski definition) is 5. The molecule has 0 spiro atoms. The molecule has 0 radical (unpaired) electrons. The van der Waals surface area contributed by atoms with Crippen molar-refractivity contribution < 1.29 is 19.4 Å². The summed E-state index contributed by atoms with van der Waals surface area (Å²) in [5.74, 6) is 0.484. The average molecular weight is 266 g/mol. The second-order valence-electron chi connectivity index (χ2n) is 4.50. The first-order valence-corrected chi connectivity index (χ1v) is 6.16. The van der Waals surface area contributed by atoms with Gasteiger partial charge in [0.2, 0.25) is 0 Å². The number of aryl methyl sites for hydroxylation is 1. The number of aliphatic carboxylic acids is 1. The molecule has 0 aromatic heterocycles. The van der Waals surface area contributed by atoms with Gasteiger partial charge >= 0.3 is 5.97 Å². The van der Waals surface area contributed by atoms with Gasteiger partial charge in [-0.2, -0.15) is 0 Å². The fraction of sp³-hybridized carbons (Fsp3) is 0.462. The van der Waals surface area contributed by atoms with Crippen molar-refractivity contribution in [3.8, 4) is 11.5 Å².